The maximum absolute atomic E-state index is 14.2. The van der Waals surface area contributed by atoms with Gasteiger partial charge in [0.1, 0.15) is 5.67 Å². The maximum Gasteiger partial charge on any atom is 0.322 e. The fourth-order valence-electron chi connectivity index (χ4n) is 7.94. The molecule has 7 saturated carbocycles. The highest BCUT2D eigenvalue weighted by molar-refractivity contribution is 5.94. The second-order valence-electron chi connectivity index (χ2n) is 13.3. The third kappa shape index (κ3) is 3.92. The highest BCUT2D eigenvalue weighted by Crippen LogP contribution is 2.71. The van der Waals surface area contributed by atoms with Crippen LogP contribution in [-0.4, -0.2) is 28.3 Å². The molecule has 7 fully saturated rings. The molecule has 8 heteroatoms. The van der Waals surface area contributed by atoms with Gasteiger partial charge in [0.15, 0.2) is 5.82 Å². The first-order valence-electron chi connectivity index (χ1n) is 13.8. The van der Waals surface area contributed by atoms with Crippen LogP contribution in [0.5, 0.6) is 0 Å². The summed E-state index contributed by atoms with van der Waals surface area (Å²) in [6.07, 6.45) is 9.50. The van der Waals surface area contributed by atoms with Crippen LogP contribution >= 0.6 is 0 Å². The van der Waals surface area contributed by atoms with E-state index in [1.165, 1.54) is 18.4 Å². The molecule has 0 N–H and O–H groups in total. The highest BCUT2D eigenvalue weighted by Gasteiger charge is 2.69. The van der Waals surface area contributed by atoms with E-state index < -0.39 is 17.5 Å². The maximum atomic E-state index is 14.2. The summed E-state index contributed by atoms with van der Waals surface area (Å²) in [6.45, 7) is 1.43. The topological polar surface area (TPSA) is 59.2 Å². The molecule has 0 spiro atoms. The average Bonchev–Trinajstić information content (AvgIpc) is 3.56. The number of halogens is 3. The number of hydrogen-bond donors (Lipinski definition) is 0. The lowest BCUT2D eigenvalue weighted by atomic mass is 9.41. The molecule has 1 aromatic heterocycles. The van der Waals surface area contributed by atoms with Crippen molar-refractivity contribution in [2.75, 3.05) is 11.4 Å². The molecule has 1 heterocycles. The summed E-state index contributed by atoms with van der Waals surface area (Å²) in [6, 6.07) is 8.45. The molecule has 37 heavy (non-hydrogen) atoms. The Kier molecular flexibility index (Phi) is 4.87. The minimum Gasteiger partial charge on any atom is -0.333 e. The van der Waals surface area contributed by atoms with Gasteiger partial charge in [-0.05, 0) is 105 Å². The van der Waals surface area contributed by atoms with E-state index in [0.717, 1.165) is 51.1 Å². The van der Waals surface area contributed by atoms with E-state index in [4.69, 9.17) is 4.52 Å². The van der Waals surface area contributed by atoms with Crippen molar-refractivity contribution in [3.63, 3.8) is 0 Å². The lowest BCUT2D eigenvalue weighted by molar-refractivity contribution is -0.215. The number of fused-ring (bicyclic) bond motifs is 3. The van der Waals surface area contributed by atoms with Crippen LogP contribution in [0.2, 0.25) is 0 Å². The third-order valence-corrected chi connectivity index (χ3v) is 10.3. The molecule has 0 atom stereocenters. The smallest absolute Gasteiger partial charge is 0.322 e. The van der Waals surface area contributed by atoms with Gasteiger partial charge in [-0.15, -0.1) is 0 Å². The molecule has 1 amide bonds. The first kappa shape index (κ1) is 23.7. The number of nitrogens with zero attached hydrogens (tertiary/aromatic N) is 3. The predicted molar refractivity (Wildman–Crippen MR) is 131 cm³/mol. The Morgan fingerprint density at radius 2 is 1.76 bits per heavy atom. The van der Waals surface area contributed by atoms with E-state index in [0.29, 0.717) is 44.0 Å². The number of aromatic nitrogens is 2. The summed E-state index contributed by atoms with van der Waals surface area (Å²) in [5, 5.41) is 3.97. The quantitative estimate of drug-likeness (QED) is 0.383. The van der Waals surface area contributed by atoms with Crippen molar-refractivity contribution in [1.82, 2.24) is 10.1 Å². The highest BCUT2D eigenvalue weighted by atomic mass is 19.3. The van der Waals surface area contributed by atoms with Crippen LogP contribution in [0.1, 0.15) is 107 Å². The molecule has 0 aliphatic heterocycles. The van der Waals surface area contributed by atoms with Crippen molar-refractivity contribution >= 4 is 11.6 Å². The monoisotopic (exact) mass is 513 g/mol. The molecule has 4 bridgehead atoms. The van der Waals surface area contributed by atoms with E-state index in [9.17, 15) is 18.0 Å². The molecule has 1 aromatic carbocycles. The predicted octanol–water partition coefficient (Wildman–Crippen LogP) is 6.97. The molecule has 7 aliphatic rings. The zero-order valence-electron chi connectivity index (χ0n) is 21.4. The van der Waals surface area contributed by atoms with Gasteiger partial charge in [-0.25, -0.2) is 4.39 Å². The zero-order valence-corrected chi connectivity index (χ0v) is 21.4. The van der Waals surface area contributed by atoms with Crippen LogP contribution in [0, 0.1) is 10.8 Å². The van der Waals surface area contributed by atoms with Crippen LogP contribution in [0.25, 0.3) is 0 Å². The fraction of sp³-hybridized carbons (Fsp3) is 0.690. The van der Waals surface area contributed by atoms with Crippen LogP contribution in [-0.2, 0) is 16.1 Å². The summed E-state index contributed by atoms with van der Waals surface area (Å²) in [4.78, 5) is 19.9. The Balaban J connectivity index is 1.11. The molecule has 0 saturated heterocycles. The summed E-state index contributed by atoms with van der Waals surface area (Å²) >= 11 is 0. The van der Waals surface area contributed by atoms with Gasteiger partial charge >= 0.3 is 5.92 Å². The fourth-order valence-corrected chi connectivity index (χ4v) is 7.94. The van der Waals surface area contributed by atoms with Crippen LogP contribution in [0.15, 0.2) is 28.8 Å². The van der Waals surface area contributed by atoms with Crippen molar-refractivity contribution in [3.05, 3.63) is 41.5 Å². The minimum absolute atomic E-state index is 0.0189. The summed E-state index contributed by atoms with van der Waals surface area (Å²) in [7, 11) is 0. The minimum atomic E-state index is -3.15. The van der Waals surface area contributed by atoms with E-state index in [1.807, 2.05) is 11.0 Å². The van der Waals surface area contributed by atoms with Crippen molar-refractivity contribution in [2.24, 2.45) is 10.8 Å². The first-order chi connectivity index (χ1) is 17.5. The van der Waals surface area contributed by atoms with Crippen molar-refractivity contribution in [3.8, 4) is 0 Å². The van der Waals surface area contributed by atoms with Gasteiger partial charge in [0, 0.05) is 31.0 Å². The lowest BCUT2D eigenvalue weighted by Gasteiger charge is -2.66. The van der Waals surface area contributed by atoms with E-state index in [-0.39, 0.29) is 22.2 Å². The zero-order chi connectivity index (χ0) is 25.7. The normalized spacial score (nSPS) is 36.1. The molecule has 0 radical (unpaired) electrons. The SMILES string of the molecule is CC(F)(F)c1nc(C23CCC(CN(C(=O)CC45CC(F)(C4)C5)c4cccc(C5CC5)c4)(CC2)CC3)no1. The molecule has 5 nitrogen and oxygen atoms in total. The first-order valence-corrected chi connectivity index (χ1v) is 13.8. The Bertz CT molecular complexity index is 1200. The number of amides is 1. The number of benzene rings is 1. The number of carbonyl (C=O) groups excluding carboxylic acids is 1. The van der Waals surface area contributed by atoms with E-state index >= 15 is 0 Å². The molecule has 0 unspecified atom stereocenters. The van der Waals surface area contributed by atoms with Gasteiger partial charge in [0.25, 0.3) is 5.89 Å². The van der Waals surface area contributed by atoms with Gasteiger partial charge < -0.3 is 9.42 Å². The average molecular weight is 514 g/mol. The molecule has 198 valence electrons. The summed E-state index contributed by atoms with van der Waals surface area (Å²) in [5.41, 5.74) is 0.768. The van der Waals surface area contributed by atoms with Crippen molar-refractivity contribution in [2.45, 2.75) is 107 Å². The molecular formula is C29H34F3N3O2. The third-order valence-electron chi connectivity index (χ3n) is 10.3. The summed E-state index contributed by atoms with van der Waals surface area (Å²) in [5.74, 6) is -2.65. The number of anilines is 1. The molecule has 2 aromatic rings. The van der Waals surface area contributed by atoms with Crippen LogP contribution in [0.4, 0.5) is 18.9 Å². The molecule has 7 aliphatic carbocycles. The van der Waals surface area contributed by atoms with Crippen LogP contribution in [0.3, 0.4) is 0 Å². The Morgan fingerprint density at radius 3 is 2.32 bits per heavy atom. The van der Waals surface area contributed by atoms with E-state index in [2.05, 4.69) is 28.3 Å². The van der Waals surface area contributed by atoms with Crippen molar-refractivity contribution < 1.29 is 22.5 Å². The Morgan fingerprint density at radius 1 is 1.08 bits per heavy atom. The Hall–Kier alpha value is -2.38. The second kappa shape index (κ2) is 7.60. The van der Waals surface area contributed by atoms with Gasteiger partial charge in [-0.3, -0.25) is 4.79 Å². The van der Waals surface area contributed by atoms with Crippen LogP contribution < -0.4 is 4.90 Å². The largest absolute Gasteiger partial charge is 0.333 e. The standard InChI is InChI=1S/C29H34F3N3O2/c1-25(30,31)24-33-23(34-37-24)28-10-7-26(8-11-28,9-12-28)18-35(21-4-2-3-20(13-21)19-5-6-19)22(36)14-27-15-29(32,16-27)17-27/h2-4,13,19H,5-12,14-18H2,1H3. The number of alkyl halides is 3. The lowest BCUT2D eigenvalue weighted by Crippen LogP contribution is -2.65. The molecular weight excluding hydrogens is 479 g/mol. The number of rotatable bonds is 8. The van der Waals surface area contributed by atoms with Crippen molar-refractivity contribution in [1.29, 1.82) is 0 Å². The summed E-state index contributed by atoms with van der Waals surface area (Å²) < 4.78 is 46.5. The Labute approximate surface area is 215 Å². The van der Waals surface area contributed by atoms with Gasteiger partial charge in [0.05, 0.1) is 0 Å². The number of carbonyl (C=O) groups is 1. The van der Waals surface area contributed by atoms with Gasteiger partial charge in [0.2, 0.25) is 5.91 Å². The van der Waals surface area contributed by atoms with Gasteiger partial charge in [-0.2, -0.15) is 13.8 Å². The van der Waals surface area contributed by atoms with Gasteiger partial charge in [-0.1, -0.05) is 17.3 Å². The van der Waals surface area contributed by atoms with E-state index in [1.54, 1.807) is 0 Å². The number of hydrogen-bond acceptors (Lipinski definition) is 4. The molecule has 9 rings (SSSR count). The second-order valence-corrected chi connectivity index (χ2v) is 13.3.